The average molecular weight is 316 g/mol. The molecule has 0 spiro atoms. The quantitative estimate of drug-likeness (QED) is 0.896. The van der Waals surface area contributed by atoms with E-state index < -0.39 is 11.2 Å². The molecule has 7 nitrogen and oxygen atoms in total. The standard InChI is InChI=1S/C16H20N4O3/c1-19-13-12(15(22)20(2)16(19)23)7-11(9-17-13)14(21)18-8-10-5-3-4-6-10/h7,9-10H,3-6,8H2,1-2H3,(H,18,21). The maximum Gasteiger partial charge on any atom is 0.332 e. The minimum Gasteiger partial charge on any atom is -0.352 e. The van der Waals surface area contributed by atoms with Crippen LogP contribution in [0, 0.1) is 5.92 Å². The predicted octanol–water partition coefficient (Wildman–Crippen LogP) is 0.552. The molecule has 1 fully saturated rings. The largest absolute Gasteiger partial charge is 0.352 e. The molecule has 23 heavy (non-hydrogen) atoms. The molecule has 7 heteroatoms. The van der Waals surface area contributed by atoms with Gasteiger partial charge in [-0.05, 0) is 24.8 Å². The van der Waals surface area contributed by atoms with Gasteiger partial charge in [0.2, 0.25) is 0 Å². The number of nitrogens with one attached hydrogen (secondary N) is 1. The molecule has 0 unspecified atom stereocenters. The smallest absolute Gasteiger partial charge is 0.332 e. The summed E-state index contributed by atoms with van der Waals surface area (Å²) in [5.41, 5.74) is -0.258. The Morgan fingerprint density at radius 3 is 2.65 bits per heavy atom. The van der Waals surface area contributed by atoms with Gasteiger partial charge < -0.3 is 5.32 Å². The molecule has 2 heterocycles. The third kappa shape index (κ3) is 2.78. The molecule has 122 valence electrons. The molecule has 3 rings (SSSR count). The van der Waals surface area contributed by atoms with Crippen LogP contribution in [0.15, 0.2) is 21.9 Å². The van der Waals surface area contributed by atoms with Crippen molar-refractivity contribution in [1.82, 2.24) is 19.4 Å². The highest BCUT2D eigenvalue weighted by atomic mass is 16.2. The summed E-state index contributed by atoms with van der Waals surface area (Å²) in [4.78, 5) is 40.5. The van der Waals surface area contributed by atoms with E-state index in [4.69, 9.17) is 0 Å². The Morgan fingerprint density at radius 2 is 1.96 bits per heavy atom. The number of aromatic nitrogens is 3. The molecule has 0 aliphatic heterocycles. The molecule has 0 atom stereocenters. The van der Waals surface area contributed by atoms with Crippen LogP contribution >= 0.6 is 0 Å². The summed E-state index contributed by atoms with van der Waals surface area (Å²) in [6.07, 6.45) is 6.16. The lowest BCUT2D eigenvalue weighted by Gasteiger charge is -2.11. The van der Waals surface area contributed by atoms with Crippen molar-refractivity contribution in [3.05, 3.63) is 38.7 Å². The normalized spacial score (nSPS) is 15.2. The molecule has 1 N–H and O–H groups in total. The number of carbonyl (C=O) groups excluding carboxylic acids is 1. The van der Waals surface area contributed by atoms with E-state index in [1.165, 1.54) is 36.7 Å². The first-order valence-electron chi connectivity index (χ1n) is 7.83. The number of amides is 1. The monoisotopic (exact) mass is 316 g/mol. The van der Waals surface area contributed by atoms with Crippen molar-refractivity contribution >= 4 is 16.9 Å². The van der Waals surface area contributed by atoms with Crippen molar-refractivity contribution in [2.24, 2.45) is 20.0 Å². The highest BCUT2D eigenvalue weighted by molar-refractivity contribution is 5.96. The van der Waals surface area contributed by atoms with Gasteiger partial charge in [0, 0.05) is 26.8 Å². The van der Waals surface area contributed by atoms with Crippen LogP contribution in [-0.4, -0.2) is 26.6 Å². The molecule has 0 aromatic carbocycles. The second-order valence-electron chi connectivity index (χ2n) is 6.16. The Bertz CT molecular complexity index is 875. The van der Waals surface area contributed by atoms with Crippen LogP contribution in [0.25, 0.3) is 11.0 Å². The number of nitrogens with zero attached hydrogens (tertiary/aromatic N) is 3. The molecular weight excluding hydrogens is 296 g/mol. The topological polar surface area (TPSA) is 86.0 Å². The Balaban J connectivity index is 1.92. The van der Waals surface area contributed by atoms with Gasteiger partial charge in [-0.15, -0.1) is 0 Å². The molecule has 1 amide bonds. The second-order valence-corrected chi connectivity index (χ2v) is 6.16. The second kappa shape index (κ2) is 5.98. The zero-order valence-electron chi connectivity index (χ0n) is 13.3. The highest BCUT2D eigenvalue weighted by Gasteiger charge is 2.17. The van der Waals surface area contributed by atoms with Crippen molar-refractivity contribution in [2.45, 2.75) is 25.7 Å². The minimum atomic E-state index is -0.443. The molecule has 0 saturated heterocycles. The third-order valence-corrected chi connectivity index (χ3v) is 4.58. The SMILES string of the molecule is Cn1c(=O)c2cc(C(=O)NCC3CCCC3)cnc2n(C)c1=O. The summed E-state index contributed by atoms with van der Waals surface area (Å²) in [6.45, 7) is 0.655. The van der Waals surface area contributed by atoms with E-state index in [1.54, 1.807) is 7.05 Å². The van der Waals surface area contributed by atoms with Crippen molar-refractivity contribution < 1.29 is 4.79 Å². The van der Waals surface area contributed by atoms with E-state index in [2.05, 4.69) is 10.3 Å². The Labute approximate surface area is 133 Å². The summed E-state index contributed by atoms with van der Waals surface area (Å²) >= 11 is 0. The summed E-state index contributed by atoms with van der Waals surface area (Å²) in [5.74, 6) is 0.309. The van der Waals surface area contributed by atoms with Crippen molar-refractivity contribution in [3.63, 3.8) is 0 Å². The van der Waals surface area contributed by atoms with Gasteiger partial charge in [-0.3, -0.25) is 18.7 Å². The molecule has 1 saturated carbocycles. The van der Waals surface area contributed by atoms with Crippen LogP contribution in [0.1, 0.15) is 36.0 Å². The Hall–Kier alpha value is -2.44. The fraction of sp³-hybridized carbons (Fsp3) is 0.500. The Morgan fingerprint density at radius 1 is 1.26 bits per heavy atom. The first-order valence-corrected chi connectivity index (χ1v) is 7.83. The van der Waals surface area contributed by atoms with Gasteiger partial charge in [0.05, 0.1) is 10.9 Å². The van der Waals surface area contributed by atoms with Crippen LogP contribution in [0.5, 0.6) is 0 Å². The van der Waals surface area contributed by atoms with Crippen molar-refractivity contribution in [3.8, 4) is 0 Å². The number of hydrogen-bond donors (Lipinski definition) is 1. The summed E-state index contributed by atoms with van der Waals surface area (Å²) in [7, 11) is 2.97. The third-order valence-electron chi connectivity index (χ3n) is 4.58. The summed E-state index contributed by atoms with van der Waals surface area (Å²) in [5, 5.41) is 3.18. The molecule has 0 bridgehead atoms. The maximum absolute atomic E-state index is 12.3. The van der Waals surface area contributed by atoms with Crippen LogP contribution in [0.2, 0.25) is 0 Å². The fourth-order valence-electron chi connectivity index (χ4n) is 3.14. The number of fused-ring (bicyclic) bond motifs is 1. The molecule has 0 radical (unpaired) electrons. The van der Waals surface area contributed by atoms with E-state index in [-0.39, 0.29) is 16.9 Å². The zero-order chi connectivity index (χ0) is 16.6. The van der Waals surface area contributed by atoms with Crippen molar-refractivity contribution in [1.29, 1.82) is 0 Å². The lowest BCUT2D eigenvalue weighted by Crippen LogP contribution is -2.37. The van der Waals surface area contributed by atoms with Gasteiger partial charge in [-0.2, -0.15) is 0 Å². The molecular formula is C16H20N4O3. The average Bonchev–Trinajstić information content (AvgIpc) is 3.08. The van der Waals surface area contributed by atoms with Crippen molar-refractivity contribution in [2.75, 3.05) is 6.54 Å². The minimum absolute atomic E-state index is 0.234. The van der Waals surface area contributed by atoms with E-state index in [0.29, 0.717) is 18.0 Å². The van der Waals surface area contributed by atoms with E-state index in [0.717, 1.165) is 17.4 Å². The number of rotatable bonds is 3. The van der Waals surface area contributed by atoms with E-state index in [9.17, 15) is 14.4 Å². The lowest BCUT2D eigenvalue weighted by molar-refractivity contribution is 0.0947. The van der Waals surface area contributed by atoms with Gasteiger partial charge in [0.1, 0.15) is 5.65 Å². The maximum atomic E-state index is 12.3. The first kappa shape index (κ1) is 15.5. The van der Waals surface area contributed by atoms with Gasteiger partial charge in [0.25, 0.3) is 11.5 Å². The number of carbonyl (C=O) groups is 1. The highest BCUT2D eigenvalue weighted by Crippen LogP contribution is 2.23. The number of hydrogen-bond acceptors (Lipinski definition) is 4. The Kier molecular flexibility index (Phi) is 4.02. The summed E-state index contributed by atoms with van der Waals surface area (Å²) < 4.78 is 2.32. The molecule has 1 aliphatic carbocycles. The summed E-state index contributed by atoms with van der Waals surface area (Å²) in [6, 6.07) is 1.51. The van der Waals surface area contributed by atoms with Gasteiger partial charge in [-0.1, -0.05) is 12.8 Å². The molecule has 2 aromatic rings. The lowest BCUT2D eigenvalue weighted by atomic mass is 10.1. The number of aryl methyl sites for hydroxylation is 1. The fourth-order valence-corrected chi connectivity index (χ4v) is 3.14. The van der Waals surface area contributed by atoms with Crippen LogP contribution in [-0.2, 0) is 14.1 Å². The molecule has 2 aromatic heterocycles. The molecule has 1 aliphatic rings. The van der Waals surface area contributed by atoms with Crippen LogP contribution < -0.4 is 16.6 Å². The van der Waals surface area contributed by atoms with E-state index in [1.807, 2.05) is 0 Å². The zero-order valence-corrected chi connectivity index (χ0v) is 13.3. The predicted molar refractivity (Wildman–Crippen MR) is 86.5 cm³/mol. The van der Waals surface area contributed by atoms with Crippen LogP contribution in [0.3, 0.4) is 0 Å². The van der Waals surface area contributed by atoms with Crippen LogP contribution in [0.4, 0.5) is 0 Å². The van der Waals surface area contributed by atoms with Gasteiger partial charge in [-0.25, -0.2) is 9.78 Å². The number of pyridine rings is 1. The van der Waals surface area contributed by atoms with E-state index >= 15 is 0 Å². The first-order chi connectivity index (χ1) is 11.0. The van der Waals surface area contributed by atoms with Gasteiger partial charge in [0.15, 0.2) is 0 Å². The van der Waals surface area contributed by atoms with Gasteiger partial charge >= 0.3 is 5.69 Å².